The van der Waals surface area contributed by atoms with E-state index in [0.717, 1.165) is 34.2 Å². The fourth-order valence-electron chi connectivity index (χ4n) is 3.69. The van der Waals surface area contributed by atoms with E-state index in [4.69, 9.17) is 16.3 Å². The maximum absolute atomic E-state index is 12.7. The van der Waals surface area contributed by atoms with Gasteiger partial charge in [-0.05, 0) is 60.2 Å². The Labute approximate surface area is 164 Å². The number of hydrogen-bond acceptors (Lipinski definition) is 3. The van der Waals surface area contributed by atoms with Gasteiger partial charge in [0.1, 0.15) is 11.3 Å². The molecule has 1 amide bonds. The number of methoxy groups -OCH3 is 1. The van der Waals surface area contributed by atoms with Gasteiger partial charge < -0.3 is 15.2 Å². The number of halogens is 1. The van der Waals surface area contributed by atoms with Crippen LogP contribution in [0.1, 0.15) is 30.5 Å². The Morgan fingerprint density at radius 3 is 2.44 bits per heavy atom. The SMILES string of the molecule is CCc1cc(-c2ccc(Cl)cc2)cc(C)c1C1=C(O)C(C)(COC)NC1=O. The first-order valence-corrected chi connectivity index (χ1v) is 9.33. The second kappa shape index (κ2) is 7.37. The summed E-state index contributed by atoms with van der Waals surface area (Å²) in [5.41, 5.74) is 4.30. The summed E-state index contributed by atoms with van der Waals surface area (Å²) in [6, 6.07) is 11.8. The molecule has 4 nitrogen and oxygen atoms in total. The molecule has 2 aromatic rings. The third kappa shape index (κ3) is 3.47. The molecule has 0 aliphatic carbocycles. The van der Waals surface area contributed by atoms with E-state index in [1.165, 1.54) is 0 Å². The lowest BCUT2D eigenvalue weighted by molar-refractivity contribution is -0.116. The van der Waals surface area contributed by atoms with E-state index in [9.17, 15) is 9.90 Å². The molecule has 0 fully saturated rings. The Balaban J connectivity index is 2.15. The summed E-state index contributed by atoms with van der Waals surface area (Å²) in [7, 11) is 1.55. The second-order valence-corrected chi connectivity index (χ2v) is 7.57. The maximum atomic E-state index is 12.7. The Hall–Kier alpha value is -2.30. The molecule has 1 heterocycles. The van der Waals surface area contributed by atoms with Crippen LogP contribution in [-0.2, 0) is 16.0 Å². The van der Waals surface area contributed by atoms with Crippen LogP contribution in [0.3, 0.4) is 0 Å². The van der Waals surface area contributed by atoms with Gasteiger partial charge in [-0.15, -0.1) is 0 Å². The highest BCUT2D eigenvalue weighted by Gasteiger charge is 2.43. The Morgan fingerprint density at radius 1 is 1.19 bits per heavy atom. The fourth-order valence-corrected chi connectivity index (χ4v) is 3.81. The predicted molar refractivity (Wildman–Crippen MR) is 109 cm³/mol. The number of rotatable bonds is 5. The first kappa shape index (κ1) is 19.5. The highest BCUT2D eigenvalue weighted by molar-refractivity contribution is 6.30. The summed E-state index contributed by atoms with van der Waals surface area (Å²) < 4.78 is 5.19. The van der Waals surface area contributed by atoms with Crippen molar-refractivity contribution in [3.8, 4) is 11.1 Å². The minimum Gasteiger partial charge on any atom is -0.509 e. The lowest BCUT2D eigenvalue weighted by Crippen LogP contribution is -2.45. The average molecular weight is 386 g/mol. The lowest BCUT2D eigenvalue weighted by Gasteiger charge is -2.23. The molecule has 1 atom stereocenters. The van der Waals surface area contributed by atoms with E-state index < -0.39 is 5.54 Å². The number of aliphatic hydroxyl groups is 1. The molecule has 1 aliphatic rings. The number of amides is 1. The molecule has 0 saturated heterocycles. The van der Waals surface area contributed by atoms with E-state index in [0.29, 0.717) is 10.6 Å². The van der Waals surface area contributed by atoms with Crippen LogP contribution in [0.5, 0.6) is 0 Å². The van der Waals surface area contributed by atoms with Crippen LogP contribution in [0.25, 0.3) is 16.7 Å². The standard InChI is InChI=1S/C22H24ClNO3/c1-5-14-11-16(15-6-8-17(23)9-7-15)10-13(2)18(14)19-20(25)22(3,12-27-4)24-21(19)26/h6-11,25H,5,12H2,1-4H3,(H,24,26). The van der Waals surface area contributed by atoms with Gasteiger partial charge in [-0.2, -0.15) is 0 Å². The van der Waals surface area contributed by atoms with E-state index in [-0.39, 0.29) is 18.3 Å². The highest BCUT2D eigenvalue weighted by Crippen LogP contribution is 2.37. The zero-order chi connectivity index (χ0) is 19.8. The molecule has 2 N–H and O–H groups in total. The third-order valence-corrected chi connectivity index (χ3v) is 5.29. The zero-order valence-corrected chi connectivity index (χ0v) is 16.8. The van der Waals surface area contributed by atoms with Crippen molar-refractivity contribution in [1.82, 2.24) is 5.32 Å². The van der Waals surface area contributed by atoms with Crippen molar-refractivity contribution < 1.29 is 14.6 Å². The number of ether oxygens (including phenoxy) is 1. The first-order valence-electron chi connectivity index (χ1n) is 8.95. The van der Waals surface area contributed by atoms with Gasteiger partial charge in [-0.1, -0.05) is 42.8 Å². The maximum Gasteiger partial charge on any atom is 0.256 e. The molecule has 0 saturated carbocycles. The Kier molecular flexibility index (Phi) is 5.31. The normalized spacial score (nSPS) is 19.5. The first-order chi connectivity index (χ1) is 12.8. The van der Waals surface area contributed by atoms with Crippen LogP contribution < -0.4 is 5.32 Å². The van der Waals surface area contributed by atoms with Crippen LogP contribution in [0.4, 0.5) is 0 Å². The monoisotopic (exact) mass is 385 g/mol. The molecular weight excluding hydrogens is 362 g/mol. The van der Waals surface area contributed by atoms with Gasteiger partial charge in [0.15, 0.2) is 0 Å². The fraction of sp³-hybridized carbons (Fsp3) is 0.318. The quantitative estimate of drug-likeness (QED) is 0.785. The average Bonchev–Trinajstić information content (AvgIpc) is 2.84. The Morgan fingerprint density at radius 2 is 1.85 bits per heavy atom. The second-order valence-electron chi connectivity index (χ2n) is 7.13. The lowest BCUT2D eigenvalue weighted by atomic mass is 9.88. The van der Waals surface area contributed by atoms with Gasteiger partial charge in [0.25, 0.3) is 5.91 Å². The minimum atomic E-state index is -0.909. The van der Waals surface area contributed by atoms with Gasteiger partial charge >= 0.3 is 0 Å². The van der Waals surface area contributed by atoms with Crippen molar-refractivity contribution in [2.45, 2.75) is 32.7 Å². The van der Waals surface area contributed by atoms with E-state index in [1.807, 2.05) is 44.2 Å². The minimum absolute atomic E-state index is 0.0337. The molecule has 0 aromatic heterocycles. The summed E-state index contributed by atoms with van der Waals surface area (Å²) in [6.45, 7) is 5.98. The van der Waals surface area contributed by atoms with Crippen LogP contribution in [0, 0.1) is 6.92 Å². The third-order valence-electron chi connectivity index (χ3n) is 5.03. The van der Waals surface area contributed by atoms with Crippen molar-refractivity contribution in [3.05, 3.63) is 63.9 Å². The summed E-state index contributed by atoms with van der Waals surface area (Å²) in [5, 5.41) is 14.4. The van der Waals surface area contributed by atoms with Gasteiger partial charge in [-0.25, -0.2) is 0 Å². The summed E-state index contributed by atoms with van der Waals surface area (Å²) in [6.07, 6.45) is 0.739. The molecule has 5 heteroatoms. The van der Waals surface area contributed by atoms with Gasteiger partial charge in [-0.3, -0.25) is 4.79 Å². The van der Waals surface area contributed by atoms with Crippen LogP contribution >= 0.6 is 11.6 Å². The number of nitrogens with one attached hydrogen (secondary N) is 1. The Bertz CT molecular complexity index is 918. The van der Waals surface area contributed by atoms with Crippen LogP contribution in [0.15, 0.2) is 42.2 Å². The van der Waals surface area contributed by atoms with Crippen molar-refractivity contribution in [1.29, 1.82) is 0 Å². The molecule has 0 radical (unpaired) electrons. The zero-order valence-electron chi connectivity index (χ0n) is 16.0. The van der Waals surface area contributed by atoms with Crippen LogP contribution in [0.2, 0.25) is 5.02 Å². The number of carbonyl (C=O) groups excluding carboxylic acids is 1. The number of carbonyl (C=O) groups is 1. The molecular formula is C22H24ClNO3. The van der Waals surface area contributed by atoms with Crippen molar-refractivity contribution in [2.24, 2.45) is 0 Å². The van der Waals surface area contributed by atoms with Gasteiger partial charge in [0, 0.05) is 12.1 Å². The molecule has 1 unspecified atom stereocenters. The molecule has 0 spiro atoms. The van der Waals surface area contributed by atoms with Gasteiger partial charge in [0.05, 0.1) is 12.2 Å². The predicted octanol–water partition coefficient (Wildman–Crippen LogP) is 4.68. The number of benzene rings is 2. The molecule has 1 aliphatic heterocycles. The molecule has 0 bridgehead atoms. The largest absolute Gasteiger partial charge is 0.509 e. The van der Waals surface area contributed by atoms with Crippen molar-refractivity contribution in [2.75, 3.05) is 13.7 Å². The van der Waals surface area contributed by atoms with E-state index >= 15 is 0 Å². The number of aliphatic hydroxyl groups excluding tert-OH is 1. The summed E-state index contributed by atoms with van der Waals surface area (Å²) in [5.74, 6) is -0.240. The molecule has 27 heavy (non-hydrogen) atoms. The highest BCUT2D eigenvalue weighted by atomic mass is 35.5. The topological polar surface area (TPSA) is 58.6 Å². The molecule has 3 rings (SSSR count). The van der Waals surface area contributed by atoms with Crippen molar-refractivity contribution >= 4 is 23.1 Å². The smallest absolute Gasteiger partial charge is 0.256 e. The van der Waals surface area contributed by atoms with Crippen LogP contribution in [-0.4, -0.2) is 30.3 Å². The van der Waals surface area contributed by atoms with Crippen molar-refractivity contribution in [3.63, 3.8) is 0 Å². The molecule has 142 valence electrons. The van der Waals surface area contributed by atoms with Gasteiger partial charge in [0.2, 0.25) is 0 Å². The van der Waals surface area contributed by atoms with E-state index in [2.05, 4.69) is 11.4 Å². The molecule has 2 aromatic carbocycles. The summed E-state index contributed by atoms with van der Waals surface area (Å²) in [4.78, 5) is 12.7. The number of hydrogen-bond donors (Lipinski definition) is 2. The summed E-state index contributed by atoms with van der Waals surface area (Å²) >= 11 is 6.00. The number of aryl methyl sites for hydroxylation is 2. The van der Waals surface area contributed by atoms with E-state index in [1.54, 1.807) is 14.0 Å².